The Labute approximate surface area is 396 Å². The predicted molar refractivity (Wildman–Crippen MR) is 291 cm³/mol. The van der Waals surface area contributed by atoms with Crippen molar-refractivity contribution in [1.29, 1.82) is 0 Å². The Bertz CT molecular complexity index is 3840. The minimum Gasteiger partial charge on any atom is -0.456 e. The first kappa shape index (κ1) is 39.9. The molecule has 0 aliphatic rings. The van der Waals surface area contributed by atoms with Crippen LogP contribution in [0.3, 0.4) is 0 Å². The highest BCUT2D eigenvalue weighted by molar-refractivity contribution is 6.90. The molecule has 0 atom stereocenters. The maximum Gasteiger partial charge on any atom is 0.137 e. The van der Waals surface area contributed by atoms with Crippen molar-refractivity contribution in [1.82, 2.24) is 9.13 Å². The summed E-state index contributed by atoms with van der Waals surface area (Å²) in [5, 5.41) is 8.64. The van der Waals surface area contributed by atoms with Crippen LogP contribution in [0.2, 0.25) is 19.6 Å². The van der Waals surface area contributed by atoms with Gasteiger partial charge in [-0.1, -0.05) is 147 Å². The van der Waals surface area contributed by atoms with Gasteiger partial charge in [0, 0.05) is 66.8 Å². The van der Waals surface area contributed by atoms with Gasteiger partial charge in [-0.15, -0.1) is 0 Å². The number of anilines is 3. The van der Waals surface area contributed by atoms with Crippen LogP contribution in [0.15, 0.2) is 235 Å². The second kappa shape index (κ2) is 15.6. The highest BCUT2D eigenvalue weighted by atomic mass is 28.3. The molecule has 0 N–H and O–H groups in total. The van der Waals surface area contributed by atoms with Crippen molar-refractivity contribution >= 4 is 95.9 Å². The quantitative estimate of drug-likeness (QED) is 0.142. The summed E-state index contributed by atoms with van der Waals surface area (Å²) in [7, 11) is -1.66. The lowest BCUT2D eigenvalue weighted by molar-refractivity contribution is 0.671. The van der Waals surface area contributed by atoms with E-state index >= 15 is 0 Å². The van der Waals surface area contributed by atoms with E-state index < -0.39 is 8.07 Å². The fourth-order valence-electron chi connectivity index (χ4n) is 10.6. The second-order valence-electron chi connectivity index (χ2n) is 19.0. The number of benzene rings is 10. The van der Waals surface area contributed by atoms with Crippen LogP contribution < -0.4 is 10.1 Å². The van der Waals surface area contributed by atoms with Crippen molar-refractivity contribution in [3.8, 4) is 33.6 Å². The van der Waals surface area contributed by atoms with Gasteiger partial charge in [0.2, 0.25) is 0 Å². The van der Waals surface area contributed by atoms with E-state index in [1.54, 1.807) is 0 Å². The van der Waals surface area contributed by atoms with Crippen molar-refractivity contribution in [2.45, 2.75) is 19.6 Å². The third-order valence-electron chi connectivity index (χ3n) is 13.8. The summed E-state index contributed by atoms with van der Waals surface area (Å²) < 4.78 is 11.6. The number of para-hydroxylation sites is 5. The fourth-order valence-corrected chi connectivity index (χ4v) is 12.0. The Morgan fingerprint density at radius 3 is 1.29 bits per heavy atom. The van der Waals surface area contributed by atoms with Gasteiger partial charge in [0.1, 0.15) is 11.2 Å². The van der Waals surface area contributed by atoms with Crippen LogP contribution in [0.4, 0.5) is 17.1 Å². The molecule has 0 bridgehead atoms. The van der Waals surface area contributed by atoms with Crippen LogP contribution >= 0.6 is 0 Å². The van der Waals surface area contributed by atoms with E-state index in [2.05, 4.69) is 264 Å². The van der Waals surface area contributed by atoms with Crippen LogP contribution in [0, 0.1) is 0 Å². The van der Waals surface area contributed by atoms with Gasteiger partial charge in [0.15, 0.2) is 0 Å². The summed E-state index contributed by atoms with van der Waals surface area (Å²) in [6.45, 7) is 7.16. The lowest BCUT2D eigenvalue weighted by Gasteiger charge is -2.26. The zero-order valence-corrected chi connectivity index (χ0v) is 39.2. The predicted octanol–water partition coefficient (Wildman–Crippen LogP) is 17.1. The van der Waals surface area contributed by atoms with Crippen LogP contribution in [0.1, 0.15) is 0 Å². The lowest BCUT2D eigenvalue weighted by Crippen LogP contribution is -2.37. The van der Waals surface area contributed by atoms with E-state index in [9.17, 15) is 0 Å². The normalized spacial score (nSPS) is 12.0. The molecule has 0 unspecified atom stereocenters. The van der Waals surface area contributed by atoms with Crippen molar-refractivity contribution in [2.75, 3.05) is 4.90 Å². The topological polar surface area (TPSA) is 26.2 Å². The van der Waals surface area contributed by atoms with E-state index in [0.29, 0.717) is 0 Å². The molecule has 13 aromatic rings. The first-order valence-electron chi connectivity index (χ1n) is 23.5. The van der Waals surface area contributed by atoms with E-state index in [1.165, 1.54) is 65.3 Å². The molecule has 3 aromatic heterocycles. The molecule has 10 aromatic carbocycles. The minimum atomic E-state index is -1.66. The van der Waals surface area contributed by atoms with Crippen molar-refractivity contribution in [3.63, 3.8) is 0 Å². The smallest absolute Gasteiger partial charge is 0.137 e. The molecule has 13 rings (SSSR count). The molecule has 3 heterocycles. The van der Waals surface area contributed by atoms with Crippen LogP contribution in [0.5, 0.6) is 0 Å². The molecule has 0 aliphatic heterocycles. The maximum absolute atomic E-state index is 6.82. The molecule has 5 heteroatoms. The Balaban J connectivity index is 0.912. The number of hydrogen-bond donors (Lipinski definition) is 0. The SMILES string of the molecule is C[Si](C)(C)c1cccc2c1oc1cc(N(c3ccc(-c4ccc5c(c4)c4ccccc4n5-c4ccccc4)cc3)c3ccc(-c4ccc5c(c4)c4ccccc4n5-c4ccccc4)cc3)ccc12. The molecule has 68 heavy (non-hydrogen) atoms. The average molecular weight is 890 g/mol. The summed E-state index contributed by atoms with van der Waals surface area (Å²) in [6, 6.07) is 83.9. The monoisotopic (exact) mass is 889 g/mol. The van der Waals surface area contributed by atoms with Gasteiger partial charge in [-0.3, -0.25) is 0 Å². The molecule has 0 saturated heterocycles. The fraction of sp³-hybridized carbons (Fsp3) is 0.0476. The highest BCUT2D eigenvalue weighted by Crippen LogP contribution is 2.42. The minimum absolute atomic E-state index is 0.896. The van der Waals surface area contributed by atoms with Gasteiger partial charge >= 0.3 is 0 Å². The molecule has 0 saturated carbocycles. The van der Waals surface area contributed by atoms with E-state index in [0.717, 1.165) is 56.1 Å². The molecule has 0 amide bonds. The molecule has 0 radical (unpaired) electrons. The summed E-state index contributed by atoms with van der Waals surface area (Å²) in [4.78, 5) is 2.35. The van der Waals surface area contributed by atoms with Gasteiger partial charge in [-0.2, -0.15) is 0 Å². The Kier molecular flexibility index (Phi) is 9.17. The second-order valence-corrected chi connectivity index (χ2v) is 24.0. The molecule has 0 fully saturated rings. The Hall–Kier alpha value is -8.38. The van der Waals surface area contributed by atoms with E-state index in [4.69, 9.17) is 4.42 Å². The van der Waals surface area contributed by atoms with Crippen molar-refractivity contribution < 1.29 is 4.42 Å². The van der Waals surface area contributed by atoms with Gasteiger partial charge in [-0.25, -0.2) is 0 Å². The van der Waals surface area contributed by atoms with E-state index in [-0.39, 0.29) is 0 Å². The molecule has 0 aliphatic carbocycles. The first-order chi connectivity index (χ1) is 33.4. The number of rotatable bonds is 8. The number of nitrogens with zero attached hydrogens (tertiary/aromatic N) is 3. The van der Waals surface area contributed by atoms with Gasteiger partial charge in [0.25, 0.3) is 0 Å². The average Bonchev–Trinajstić information content (AvgIpc) is 4.04. The van der Waals surface area contributed by atoms with Gasteiger partial charge in [0.05, 0.1) is 30.1 Å². The summed E-state index contributed by atoms with van der Waals surface area (Å²) in [5.74, 6) is 0. The zero-order chi connectivity index (χ0) is 45.5. The standard InChI is InChI=1S/C63H47N3OSi/c1-68(2,3)62-24-14-21-54-53-36-35-50(41-61(53)67-63(54)62)64(48-31-25-42(26-32-48)44-29-37-59-55(39-44)51-19-10-12-22-57(51)65(59)46-15-6-4-7-16-46)49-33-27-43(28-34-49)45-30-38-60-56(40-45)52-20-11-13-23-58(52)66(60)47-17-8-5-9-18-47/h4-41H,1-3H3. The largest absolute Gasteiger partial charge is 0.456 e. The maximum atomic E-state index is 6.82. The van der Waals surface area contributed by atoms with Crippen LogP contribution in [-0.4, -0.2) is 17.2 Å². The number of hydrogen-bond acceptors (Lipinski definition) is 2. The van der Waals surface area contributed by atoms with Gasteiger partial charge in [-0.05, 0) is 125 Å². The van der Waals surface area contributed by atoms with Crippen LogP contribution in [-0.2, 0) is 0 Å². The van der Waals surface area contributed by atoms with Crippen LogP contribution in [0.25, 0.3) is 99.2 Å². The van der Waals surface area contributed by atoms with E-state index in [1.807, 2.05) is 0 Å². The zero-order valence-electron chi connectivity index (χ0n) is 38.2. The summed E-state index contributed by atoms with van der Waals surface area (Å²) in [5.41, 5.74) is 16.9. The molecule has 4 nitrogen and oxygen atoms in total. The molecular formula is C63H47N3OSi. The molecule has 324 valence electrons. The Morgan fingerprint density at radius 2 is 0.779 bits per heavy atom. The summed E-state index contributed by atoms with van der Waals surface area (Å²) in [6.07, 6.45) is 0. The third-order valence-corrected chi connectivity index (χ3v) is 15.9. The summed E-state index contributed by atoms with van der Waals surface area (Å²) >= 11 is 0. The molecular weight excluding hydrogens is 843 g/mol. The number of aromatic nitrogens is 2. The lowest BCUT2D eigenvalue weighted by atomic mass is 10.0. The van der Waals surface area contributed by atoms with Crippen molar-refractivity contribution in [2.24, 2.45) is 0 Å². The number of fused-ring (bicyclic) bond motifs is 9. The van der Waals surface area contributed by atoms with Crippen molar-refractivity contribution in [3.05, 3.63) is 231 Å². The number of furan rings is 1. The molecule has 0 spiro atoms. The highest BCUT2D eigenvalue weighted by Gasteiger charge is 2.24. The Morgan fingerprint density at radius 1 is 0.338 bits per heavy atom. The van der Waals surface area contributed by atoms with Gasteiger partial charge < -0.3 is 18.5 Å². The third kappa shape index (κ3) is 6.50. The first-order valence-corrected chi connectivity index (χ1v) is 27.0.